The highest BCUT2D eigenvalue weighted by Crippen LogP contribution is 2.43. The second-order valence-electron chi connectivity index (χ2n) is 37.1. The molecule has 0 saturated carbocycles. The highest BCUT2D eigenvalue weighted by Gasteiger charge is 2.64. The van der Waals surface area contributed by atoms with Crippen molar-refractivity contribution in [1.82, 2.24) is 26.6 Å². The van der Waals surface area contributed by atoms with Crippen LogP contribution in [0, 0.1) is 0 Å². The summed E-state index contributed by atoms with van der Waals surface area (Å²) in [5, 5.41) is 385. The van der Waals surface area contributed by atoms with Gasteiger partial charge in [0, 0.05) is 34.6 Å². The number of carbonyl (C=O) groups is 5. The van der Waals surface area contributed by atoms with E-state index < -0.39 is 471 Å². The van der Waals surface area contributed by atoms with Gasteiger partial charge in [-0.05, 0) is 6.92 Å². The Morgan fingerprint density at radius 1 is 0.252 bits per heavy atom. The number of ether oxygens (including phenoxy) is 22. The topological polar surface area (TPSA) is 1020 Å². The van der Waals surface area contributed by atoms with E-state index in [1.54, 1.807) is 0 Å². The number of amides is 5. The van der Waals surface area contributed by atoms with E-state index >= 15 is 0 Å². The molecule has 147 heavy (non-hydrogen) atoms. The SMILES string of the molecule is CC(=O)N[C@H]1[C@H](O[C@@H]([C@H](O)[C@H](CO)NC(C)=O)[C@H](O)CO[C@H]2O[C@H](C)[C@H](O)[C@H](O)[C@H]2O)O[C@H](CO)[C@@H](O[C@@H]2O[C@H](CO[C@H]3O[C@H](CO)[C@@H](O)[C@H](O)[C@@H]3O[C@@H]3O[C@H](CO)[C@@H](O[C@@H]4O[C@H](CO)[C@H](O)[C@H](O[C@H]5O[C@H](CO)[C@H](O)[C@H](O)[C@H]5O)[C@H]4O)[C@H](O)[C@H]3NC(C)=O)[C@@H](O[C@@H]3O[C@H](CO)[C@@H](O)[C@H](O)[C@H]3NC(C)=O)[C@H](O[C@H]3O[C@H](CO)[C@@H](O)[C@H](O)[C@@H]3O[C@@H]3O[C@H](CO)[C@@H](O[C@@H]4O[C@H](CO)[C@H](O)[C@H](O)[C@H]4O)[C@H](O)[C@H]3NC(C)=O)[C@@H]2O)[C@@H]1O. The molecule has 0 unspecified atom stereocenters. The van der Waals surface area contributed by atoms with E-state index in [0.717, 1.165) is 34.6 Å². The monoisotopic (exact) mass is 2150 g/mol. The van der Waals surface area contributed by atoms with Gasteiger partial charge in [0.05, 0.1) is 91.4 Å². The molecule has 0 bridgehead atoms. The summed E-state index contributed by atoms with van der Waals surface area (Å²) in [4.78, 5) is 66.1. The van der Waals surface area contributed by atoms with Crippen LogP contribution in [0.2, 0.25) is 0 Å². The average molecular weight is 2150 g/mol. The van der Waals surface area contributed by atoms with Gasteiger partial charge < -0.3 is 299 Å². The molecule has 852 valence electrons. The Morgan fingerprint density at radius 3 is 0.946 bits per heavy atom. The van der Waals surface area contributed by atoms with Crippen molar-refractivity contribution in [2.45, 2.75) is 403 Å². The molecule has 0 spiro atoms. The third kappa shape index (κ3) is 27.9. The first kappa shape index (κ1) is 122. The van der Waals surface area contributed by atoms with Gasteiger partial charge in [-0.15, -0.1) is 0 Å². The summed E-state index contributed by atoms with van der Waals surface area (Å²) < 4.78 is 133. The molecule has 11 heterocycles. The van der Waals surface area contributed by atoms with Crippen LogP contribution in [0.3, 0.4) is 0 Å². The van der Waals surface area contributed by atoms with Crippen LogP contribution in [0.5, 0.6) is 0 Å². The summed E-state index contributed by atoms with van der Waals surface area (Å²) in [6.45, 7) is -9.10. The number of nitrogens with one attached hydrogen (secondary N) is 5. The largest absolute Gasteiger partial charge is 0.394 e. The minimum absolute atomic E-state index is 0.840. The van der Waals surface area contributed by atoms with Gasteiger partial charge in [0.2, 0.25) is 29.5 Å². The van der Waals surface area contributed by atoms with Gasteiger partial charge >= 0.3 is 0 Å². The van der Waals surface area contributed by atoms with Crippen molar-refractivity contribution in [3.05, 3.63) is 0 Å². The van der Waals surface area contributed by atoms with Crippen molar-refractivity contribution in [2.24, 2.45) is 0 Å². The summed E-state index contributed by atoms with van der Waals surface area (Å²) in [6.07, 6.45) is -120. The minimum Gasteiger partial charge on any atom is -0.394 e. The van der Waals surface area contributed by atoms with E-state index in [9.17, 15) is 192 Å². The zero-order valence-corrected chi connectivity index (χ0v) is 79.3. The van der Waals surface area contributed by atoms with Crippen LogP contribution in [-0.4, -0.2) is 639 Å². The van der Waals surface area contributed by atoms with Crippen molar-refractivity contribution >= 4 is 29.5 Å². The standard InChI is InChI=1S/C82H139N5O60/c1-19-41(104)53(116)58(121)76(128-19)126-17-26(103)63(42(105)25(7-88)83-20(2)98)139-73-38(85-22(4)100)50(113)66(34(15-96)135-73)142-80-62(125)69(145-82-71(57(120)47(110)31(12-93)134-82)147-75-40(87-24(6)102)51(114)64(33(14-95)137-75)140-77-59(122)54(117)44(107)28(9-90)130-77)67(143-72-37(84-21(3)99)49(112)43(106)27(8-89)129-72)36(138-80)18-127-81-70(56(119)46(109)30(11-92)133-81)146-74-39(86-23(5)101)52(115)65(35(16-97)136-74)141-79-61(124)68(48(111)32(13-94)132-79)144-78-60(123)55(118)45(108)29(10-91)131-78/h19,25-82,88-97,103-125H,7-18H2,1-6H3,(H,83,98)(H,84,99)(H,85,100)(H,86,101)(H,87,102)/t19-,25+,26-,27-,28-,29-,30-,31-,32-,33-,34-,35-,36-,37-,38-,39-,40-,41+,42-,43-,44+,45+,46-,47-,48+,49-,50-,51-,52-,53+,54+,55+,56+,57+,58-,59-,60-,61-,62+,63-,64-,65-,66-,67-,68+,69-,70+,71+,72+,73+,74+,75+,76+,77+,78-,79+,80+,81+,82-/m1/s1. The Kier molecular flexibility index (Phi) is 45.1. The quantitative estimate of drug-likeness (QED) is 0.0270. The Balaban J connectivity index is 1.01. The molecule has 11 aliphatic rings. The molecule has 0 aliphatic carbocycles. The van der Waals surface area contributed by atoms with Gasteiger partial charge in [0.15, 0.2) is 69.2 Å². The smallest absolute Gasteiger partial charge is 0.217 e. The van der Waals surface area contributed by atoms with E-state index in [4.69, 9.17) is 104 Å². The highest BCUT2D eigenvalue weighted by molar-refractivity contribution is 5.75. The van der Waals surface area contributed by atoms with Gasteiger partial charge in [-0.1, -0.05) is 0 Å². The number of rotatable bonds is 42. The number of carbonyl (C=O) groups excluding carboxylic acids is 5. The minimum atomic E-state index is -2.89. The first-order valence-electron chi connectivity index (χ1n) is 46.9. The lowest BCUT2D eigenvalue weighted by Gasteiger charge is -2.52. The molecular formula is C82H139N5O60. The predicted octanol–water partition coefficient (Wildman–Crippen LogP) is -25.8. The molecule has 59 atom stereocenters. The van der Waals surface area contributed by atoms with Crippen LogP contribution >= 0.6 is 0 Å². The van der Waals surface area contributed by atoms with Crippen molar-refractivity contribution in [2.75, 3.05) is 79.3 Å². The summed E-state index contributed by atoms with van der Waals surface area (Å²) in [5.74, 6) is -5.21. The lowest BCUT2D eigenvalue weighted by molar-refractivity contribution is -0.408. The fraction of sp³-hybridized carbons (Fsp3) is 0.939. The second-order valence-corrected chi connectivity index (χ2v) is 37.1. The summed E-state index contributed by atoms with van der Waals surface area (Å²) in [7, 11) is 0. The van der Waals surface area contributed by atoms with Crippen LogP contribution < -0.4 is 26.6 Å². The second kappa shape index (κ2) is 54.2. The van der Waals surface area contributed by atoms with Crippen LogP contribution in [0.25, 0.3) is 0 Å². The summed E-state index contributed by atoms with van der Waals surface area (Å²) in [5.41, 5.74) is 0. The molecular weight excluding hydrogens is 2010 g/mol. The molecule has 38 N–H and O–H groups in total. The lowest BCUT2D eigenvalue weighted by atomic mass is 9.93. The van der Waals surface area contributed by atoms with Gasteiger partial charge in [-0.2, -0.15) is 0 Å². The van der Waals surface area contributed by atoms with Crippen molar-refractivity contribution in [3.63, 3.8) is 0 Å². The molecule has 11 fully saturated rings. The van der Waals surface area contributed by atoms with Gasteiger partial charge in [-0.3, -0.25) is 24.0 Å². The molecule has 0 aromatic rings. The molecule has 0 aromatic heterocycles. The summed E-state index contributed by atoms with van der Waals surface area (Å²) >= 11 is 0. The molecule has 11 aliphatic heterocycles. The molecule has 5 amide bonds. The van der Waals surface area contributed by atoms with E-state index in [1.807, 2.05) is 0 Å². The fourth-order valence-corrected chi connectivity index (χ4v) is 18.7. The van der Waals surface area contributed by atoms with E-state index in [0.29, 0.717) is 0 Å². The van der Waals surface area contributed by atoms with Gasteiger partial charge in [0.1, 0.15) is 281 Å². The van der Waals surface area contributed by atoms with Gasteiger partial charge in [-0.25, -0.2) is 0 Å². The highest BCUT2D eigenvalue weighted by atomic mass is 16.8. The van der Waals surface area contributed by atoms with Crippen LogP contribution in [0.4, 0.5) is 0 Å². The average Bonchev–Trinajstić information content (AvgIpc) is 0.755. The zero-order chi connectivity index (χ0) is 109. The van der Waals surface area contributed by atoms with Gasteiger partial charge in [0.25, 0.3) is 0 Å². The number of aliphatic hydroxyl groups is 33. The number of aliphatic hydroxyl groups excluding tert-OH is 33. The first-order valence-corrected chi connectivity index (χ1v) is 46.9. The lowest BCUT2D eigenvalue weighted by Crippen LogP contribution is -2.71. The third-order valence-electron chi connectivity index (χ3n) is 26.7. The predicted molar refractivity (Wildman–Crippen MR) is 454 cm³/mol. The Hall–Kier alpha value is -4.85. The maximum Gasteiger partial charge on any atom is 0.217 e. The molecule has 65 nitrogen and oxygen atoms in total. The van der Waals surface area contributed by atoms with Crippen LogP contribution in [0.1, 0.15) is 41.5 Å². The Labute approximate surface area is 833 Å². The molecule has 0 radical (unpaired) electrons. The molecule has 0 aromatic carbocycles. The number of hydrogen-bond acceptors (Lipinski definition) is 60. The van der Waals surface area contributed by atoms with Crippen molar-refractivity contribution in [3.8, 4) is 0 Å². The maximum atomic E-state index is 13.6. The van der Waals surface area contributed by atoms with Crippen molar-refractivity contribution in [1.29, 1.82) is 0 Å². The fourth-order valence-electron chi connectivity index (χ4n) is 18.7. The Bertz CT molecular complexity index is 4050. The molecule has 65 heteroatoms. The number of hydrogen-bond donors (Lipinski definition) is 38. The third-order valence-corrected chi connectivity index (χ3v) is 26.7. The van der Waals surface area contributed by atoms with Crippen LogP contribution in [-0.2, 0) is 128 Å². The van der Waals surface area contributed by atoms with E-state index in [-0.39, 0.29) is 0 Å². The molecule has 11 saturated heterocycles. The molecule has 11 rings (SSSR count). The van der Waals surface area contributed by atoms with E-state index in [1.165, 1.54) is 6.92 Å². The zero-order valence-electron chi connectivity index (χ0n) is 79.3. The van der Waals surface area contributed by atoms with E-state index in [2.05, 4.69) is 26.6 Å². The maximum absolute atomic E-state index is 13.6. The Morgan fingerprint density at radius 2 is 0.544 bits per heavy atom. The van der Waals surface area contributed by atoms with Crippen molar-refractivity contribution < 1.29 is 297 Å². The first-order chi connectivity index (χ1) is 69.5. The summed E-state index contributed by atoms with van der Waals surface area (Å²) in [6, 6.07) is -10.4. The van der Waals surface area contributed by atoms with Crippen LogP contribution in [0.15, 0.2) is 0 Å². The normalized spacial score (nSPS) is 47.3.